The molecule has 4 heteroatoms. The van der Waals surface area contributed by atoms with Crippen LogP contribution >= 0.6 is 11.6 Å². The van der Waals surface area contributed by atoms with Crippen molar-refractivity contribution in [3.63, 3.8) is 0 Å². The Morgan fingerprint density at radius 1 is 1.39 bits per heavy atom. The van der Waals surface area contributed by atoms with Gasteiger partial charge in [0.2, 0.25) is 0 Å². The van der Waals surface area contributed by atoms with Gasteiger partial charge in [0, 0.05) is 23.3 Å². The first-order chi connectivity index (χ1) is 8.54. The monoisotopic (exact) mass is 266 g/mol. The number of hydrogen-bond acceptors (Lipinski definition) is 2. The Labute approximate surface area is 111 Å². The SMILES string of the molecule is CCNc1cc(C(C)C)nc2c(F)c(Cl)ccc12. The van der Waals surface area contributed by atoms with Gasteiger partial charge < -0.3 is 5.32 Å². The van der Waals surface area contributed by atoms with Gasteiger partial charge in [-0.3, -0.25) is 0 Å². The summed E-state index contributed by atoms with van der Waals surface area (Å²) in [6, 6.07) is 5.34. The Hall–Kier alpha value is -1.35. The van der Waals surface area contributed by atoms with Gasteiger partial charge >= 0.3 is 0 Å². The van der Waals surface area contributed by atoms with Gasteiger partial charge in [-0.2, -0.15) is 0 Å². The van der Waals surface area contributed by atoms with E-state index in [0.29, 0.717) is 5.52 Å². The molecule has 96 valence electrons. The van der Waals surface area contributed by atoms with Crippen LogP contribution in [0.2, 0.25) is 5.02 Å². The number of hydrogen-bond donors (Lipinski definition) is 1. The molecule has 1 aromatic heterocycles. The number of nitrogens with zero attached hydrogens (tertiary/aromatic N) is 1. The van der Waals surface area contributed by atoms with Gasteiger partial charge in [0.25, 0.3) is 0 Å². The van der Waals surface area contributed by atoms with Gasteiger partial charge in [-0.25, -0.2) is 9.37 Å². The van der Waals surface area contributed by atoms with Crippen molar-refractivity contribution in [3.8, 4) is 0 Å². The van der Waals surface area contributed by atoms with Gasteiger partial charge in [-0.1, -0.05) is 25.4 Å². The van der Waals surface area contributed by atoms with Crippen molar-refractivity contribution in [3.05, 3.63) is 34.7 Å². The van der Waals surface area contributed by atoms with Crippen molar-refractivity contribution in [1.29, 1.82) is 0 Å². The molecular weight excluding hydrogens is 251 g/mol. The first-order valence-electron chi connectivity index (χ1n) is 6.07. The molecule has 1 aromatic carbocycles. The van der Waals surface area contributed by atoms with Crippen LogP contribution in [0.5, 0.6) is 0 Å². The number of rotatable bonds is 3. The zero-order valence-corrected chi connectivity index (χ0v) is 11.5. The lowest BCUT2D eigenvalue weighted by atomic mass is 10.1. The number of anilines is 1. The molecule has 0 aliphatic carbocycles. The molecular formula is C14H16ClFN2. The Balaban J connectivity index is 2.77. The van der Waals surface area contributed by atoms with Gasteiger partial charge in [0.15, 0.2) is 5.82 Å². The van der Waals surface area contributed by atoms with E-state index in [2.05, 4.69) is 10.3 Å². The second-order valence-electron chi connectivity index (χ2n) is 4.54. The van der Waals surface area contributed by atoms with Crippen LogP contribution in [0.1, 0.15) is 32.4 Å². The van der Waals surface area contributed by atoms with E-state index in [9.17, 15) is 4.39 Å². The molecule has 18 heavy (non-hydrogen) atoms. The first-order valence-corrected chi connectivity index (χ1v) is 6.45. The Bertz CT molecular complexity index is 582. The molecule has 1 heterocycles. The van der Waals surface area contributed by atoms with E-state index in [-0.39, 0.29) is 10.9 Å². The molecule has 0 unspecified atom stereocenters. The lowest BCUT2D eigenvalue weighted by Crippen LogP contribution is -2.02. The molecule has 0 fully saturated rings. The molecule has 2 rings (SSSR count). The topological polar surface area (TPSA) is 24.9 Å². The smallest absolute Gasteiger partial charge is 0.168 e. The highest BCUT2D eigenvalue weighted by Gasteiger charge is 2.13. The molecule has 1 N–H and O–H groups in total. The number of benzene rings is 1. The summed E-state index contributed by atoms with van der Waals surface area (Å²) in [7, 11) is 0. The molecule has 0 saturated carbocycles. The highest BCUT2D eigenvalue weighted by molar-refractivity contribution is 6.31. The number of fused-ring (bicyclic) bond motifs is 1. The summed E-state index contributed by atoms with van der Waals surface area (Å²) in [6.07, 6.45) is 0. The Morgan fingerprint density at radius 2 is 2.11 bits per heavy atom. The maximum Gasteiger partial charge on any atom is 0.168 e. The van der Waals surface area contributed by atoms with Crippen LogP contribution < -0.4 is 5.32 Å². The fourth-order valence-corrected chi connectivity index (χ4v) is 2.04. The highest BCUT2D eigenvalue weighted by Crippen LogP contribution is 2.30. The van der Waals surface area contributed by atoms with E-state index in [0.717, 1.165) is 23.3 Å². The van der Waals surface area contributed by atoms with E-state index >= 15 is 0 Å². The van der Waals surface area contributed by atoms with E-state index in [4.69, 9.17) is 11.6 Å². The third-order valence-electron chi connectivity index (χ3n) is 2.85. The Kier molecular flexibility index (Phi) is 3.71. The van der Waals surface area contributed by atoms with Crippen LogP contribution in [-0.4, -0.2) is 11.5 Å². The van der Waals surface area contributed by atoms with Crippen LogP contribution in [0.4, 0.5) is 10.1 Å². The fourth-order valence-electron chi connectivity index (χ4n) is 1.89. The fraction of sp³-hybridized carbons (Fsp3) is 0.357. The minimum atomic E-state index is -0.448. The van der Waals surface area contributed by atoms with Gasteiger partial charge in [-0.15, -0.1) is 0 Å². The standard InChI is InChI=1S/C14H16ClFN2/c1-4-17-12-7-11(8(2)3)18-14-9(12)5-6-10(15)13(14)16/h5-8H,4H2,1-3H3,(H,17,18). The lowest BCUT2D eigenvalue weighted by molar-refractivity contribution is 0.636. The molecule has 0 amide bonds. The Morgan fingerprint density at radius 3 is 2.72 bits per heavy atom. The van der Waals surface area contributed by atoms with Crippen LogP contribution in [0.25, 0.3) is 10.9 Å². The molecule has 2 aromatic rings. The largest absolute Gasteiger partial charge is 0.385 e. The minimum absolute atomic E-state index is 0.110. The third-order valence-corrected chi connectivity index (χ3v) is 3.14. The van der Waals surface area contributed by atoms with Crippen molar-refractivity contribution in [2.24, 2.45) is 0 Å². The number of aromatic nitrogens is 1. The minimum Gasteiger partial charge on any atom is -0.385 e. The maximum atomic E-state index is 14.0. The molecule has 0 aliphatic rings. The summed E-state index contributed by atoms with van der Waals surface area (Å²) < 4.78 is 14.0. The van der Waals surface area contributed by atoms with Crippen molar-refractivity contribution in [1.82, 2.24) is 4.98 Å². The molecule has 0 atom stereocenters. The molecule has 0 radical (unpaired) electrons. The first kappa shape index (κ1) is 13.1. The van der Waals surface area contributed by atoms with Gasteiger partial charge in [0.05, 0.1) is 5.02 Å². The number of nitrogens with one attached hydrogen (secondary N) is 1. The molecule has 0 bridgehead atoms. The van der Waals surface area contributed by atoms with Crippen LogP contribution in [0.3, 0.4) is 0 Å². The quantitative estimate of drug-likeness (QED) is 0.879. The number of pyridine rings is 1. The second-order valence-corrected chi connectivity index (χ2v) is 4.94. The molecule has 2 nitrogen and oxygen atoms in total. The summed E-state index contributed by atoms with van der Waals surface area (Å²) >= 11 is 5.81. The van der Waals surface area contributed by atoms with E-state index in [1.807, 2.05) is 26.8 Å². The van der Waals surface area contributed by atoms with Crippen molar-refractivity contribution in [2.45, 2.75) is 26.7 Å². The summed E-state index contributed by atoms with van der Waals surface area (Å²) in [5.74, 6) is -0.207. The zero-order valence-electron chi connectivity index (χ0n) is 10.7. The second kappa shape index (κ2) is 5.11. The average Bonchev–Trinajstić information content (AvgIpc) is 2.34. The normalized spacial score (nSPS) is 11.2. The average molecular weight is 267 g/mol. The predicted octanol–water partition coefficient (Wildman–Crippen LogP) is 4.58. The molecule has 0 spiro atoms. The number of halogens is 2. The van der Waals surface area contributed by atoms with Crippen LogP contribution in [0, 0.1) is 5.82 Å². The zero-order chi connectivity index (χ0) is 13.3. The van der Waals surface area contributed by atoms with Gasteiger partial charge in [0.1, 0.15) is 5.52 Å². The lowest BCUT2D eigenvalue weighted by Gasteiger charge is -2.13. The van der Waals surface area contributed by atoms with Crippen molar-refractivity contribution < 1.29 is 4.39 Å². The summed E-state index contributed by atoms with van der Waals surface area (Å²) in [5.41, 5.74) is 2.10. The maximum absolute atomic E-state index is 14.0. The molecule has 0 saturated heterocycles. The highest BCUT2D eigenvalue weighted by atomic mass is 35.5. The van der Waals surface area contributed by atoms with E-state index in [1.165, 1.54) is 0 Å². The van der Waals surface area contributed by atoms with Gasteiger partial charge in [-0.05, 0) is 31.0 Å². The van der Waals surface area contributed by atoms with Crippen LogP contribution in [-0.2, 0) is 0 Å². The van der Waals surface area contributed by atoms with Crippen LogP contribution in [0.15, 0.2) is 18.2 Å². The van der Waals surface area contributed by atoms with Crippen molar-refractivity contribution in [2.75, 3.05) is 11.9 Å². The third kappa shape index (κ3) is 2.27. The molecule has 0 aliphatic heterocycles. The predicted molar refractivity (Wildman–Crippen MR) is 75.0 cm³/mol. The summed E-state index contributed by atoms with van der Waals surface area (Å²) in [5, 5.41) is 4.12. The van der Waals surface area contributed by atoms with Crippen molar-refractivity contribution >= 4 is 28.2 Å². The summed E-state index contributed by atoms with van der Waals surface area (Å²) in [6.45, 7) is 6.85. The van der Waals surface area contributed by atoms with E-state index in [1.54, 1.807) is 12.1 Å². The van der Waals surface area contributed by atoms with E-state index < -0.39 is 5.82 Å². The summed E-state index contributed by atoms with van der Waals surface area (Å²) in [4.78, 5) is 4.38.